The number of aliphatic hydroxyl groups is 1. The van der Waals surface area contributed by atoms with Crippen molar-refractivity contribution < 1.29 is 18.3 Å². The van der Waals surface area contributed by atoms with Gasteiger partial charge in [0.2, 0.25) is 0 Å². The third kappa shape index (κ3) is 3.43. The molecule has 0 bridgehead atoms. The van der Waals surface area contributed by atoms with Gasteiger partial charge in [0.05, 0.1) is 5.56 Å². The molecular formula is C18H19ClF3NO. The summed E-state index contributed by atoms with van der Waals surface area (Å²) >= 11 is 0. The van der Waals surface area contributed by atoms with Crippen LogP contribution in [0.25, 0.3) is 0 Å². The van der Waals surface area contributed by atoms with Gasteiger partial charge in [-0.25, -0.2) is 0 Å². The quantitative estimate of drug-likeness (QED) is 0.838. The number of alkyl halides is 3. The number of β-amino-alcohol motifs (C(OH)–C–C–N with tert-alkyl or cyclic N) is 1. The zero-order chi connectivity index (χ0) is 16.7. The van der Waals surface area contributed by atoms with E-state index in [0.717, 1.165) is 36.2 Å². The van der Waals surface area contributed by atoms with Crippen molar-refractivity contribution in [1.29, 1.82) is 0 Å². The predicted molar refractivity (Wildman–Crippen MR) is 89.3 cm³/mol. The van der Waals surface area contributed by atoms with Gasteiger partial charge in [0.15, 0.2) is 0 Å². The first-order valence-corrected chi connectivity index (χ1v) is 7.48. The van der Waals surface area contributed by atoms with E-state index in [4.69, 9.17) is 0 Å². The summed E-state index contributed by atoms with van der Waals surface area (Å²) in [5.74, 6) is 0. The molecule has 130 valence electrons. The van der Waals surface area contributed by atoms with Crippen LogP contribution in [0.1, 0.15) is 22.3 Å². The number of fused-ring (bicyclic) bond motifs is 1. The van der Waals surface area contributed by atoms with E-state index < -0.39 is 17.3 Å². The maximum absolute atomic E-state index is 12.8. The Bertz CT molecular complexity index is 702. The van der Waals surface area contributed by atoms with Crippen molar-refractivity contribution in [2.45, 2.75) is 18.2 Å². The second kappa shape index (κ2) is 6.75. The summed E-state index contributed by atoms with van der Waals surface area (Å²) in [5.41, 5.74) is 0.251. The molecule has 0 saturated heterocycles. The summed E-state index contributed by atoms with van der Waals surface area (Å²) in [5, 5.41) is 11.3. The monoisotopic (exact) mass is 357 g/mol. The predicted octanol–water partition coefficient (Wildman–Crippen LogP) is 3.85. The summed E-state index contributed by atoms with van der Waals surface area (Å²) in [7, 11) is 1.90. The van der Waals surface area contributed by atoms with Crippen molar-refractivity contribution in [3.8, 4) is 0 Å². The fraction of sp³-hybridized carbons (Fsp3) is 0.333. The highest BCUT2D eigenvalue weighted by Crippen LogP contribution is 2.37. The molecule has 24 heavy (non-hydrogen) atoms. The molecule has 6 heteroatoms. The maximum Gasteiger partial charge on any atom is 0.416 e. The Morgan fingerprint density at radius 1 is 1.04 bits per heavy atom. The van der Waals surface area contributed by atoms with Crippen molar-refractivity contribution >= 4 is 12.4 Å². The van der Waals surface area contributed by atoms with Gasteiger partial charge in [-0.15, -0.1) is 12.4 Å². The molecule has 1 N–H and O–H groups in total. The van der Waals surface area contributed by atoms with Crippen LogP contribution in [0.3, 0.4) is 0 Å². The zero-order valence-electron chi connectivity index (χ0n) is 13.2. The normalized spacial score (nSPS) is 21.5. The van der Waals surface area contributed by atoms with Gasteiger partial charge in [-0.05, 0) is 42.3 Å². The molecule has 1 atom stereocenters. The first-order valence-electron chi connectivity index (χ1n) is 7.48. The Hall–Kier alpha value is -1.56. The molecule has 1 aliphatic rings. The lowest BCUT2D eigenvalue weighted by Crippen LogP contribution is -2.39. The molecule has 1 heterocycles. The van der Waals surface area contributed by atoms with Crippen LogP contribution < -0.4 is 0 Å². The molecule has 1 unspecified atom stereocenters. The molecule has 2 nitrogen and oxygen atoms in total. The third-order valence-corrected chi connectivity index (χ3v) is 4.41. The van der Waals surface area contributed by atoms with E-state index in [1.165, 1.54) is 12.1 Å². The minimum Gasteiger partial charge on any atom is -0.379 e. The third-order valence-electron chi connectivity index (χ3n) is 4.41. The molecule has 0 aromatic heterocycles. The molecule has 2 aromatic carbocycles. The maximum atomic E-state index is 12.8. The zero-order valence-corrected chi connectivity index (χ0v) is 14.0. The summed E-state index contributed by atoms with van der Waals surface area (Å²) in [6.45, 7) is 1.13. The van der Waals surface area contributed by atoms with Gasteiger partial charge in [0.1, 0.15) is 5.60 Å². The van der Waals surface area contributed by atoms with E-state index in [2.05, 4.69) is 0 Å². The van der Waals surface area contributed by atoms with E-state index in [9.17, 15) is 18.3 Å². The van der Waals surface area contributed by atoms with Gasteiger partial charge in [0.25, 0.3) is 0 Å². The average Bonchev–Trinajstić information content (AvgIpc) is 2.65. The second-order valence-electron chi connectivity index (χ2n) is 6.08. The minimum atomic E-state index is -4.38. The Labute approximate surface area is 145 Å². The molecule has 0 aliphatic carbocycles. The van der Waals surface area contributed by atoms with E-state index in [0.29, 0.717) is 12.1 Å². The fourth-order valence-electron chi connectivity index (χ4n) is 3.19. The topological polar surface area (TPSA) is 23.5 Å². The standard InChI is InChI=1S/C18H18F3NO.ClH/c1-22-11-10-13-4-2-3-5-16(13)17(23,12-22)14-6-8-15(9-7-14)18(19,20)21;/h2-9,23H,10-12H2,1H3;1H. The van der Waals surface area contributed by atoms with Gasteiger partial charge >= 0.3 is 6.18 Å². The van der Waals surface area contributed by atoms with Gasteiger partial charge in [-0.2, -0.15) is 13.2 Å². The summed E-state index contributed by atoms with van der Waals surface area (Å²) in [4.78, 5) is 2.00. The summed E-state index contributed by atoms with van der Waals surface area (Å²) < 4.78 is 38.3. The van der Waals surface area contributed by atoms with Crippen LogP contribution >= 0.6 is 12.4 Å². The SMILES string of the molecule is CN1CCc2ccccc2C(O)(c2ccc(C(F)(F)F)cc2)C1.Cl. The minimum absolute atomic E-state index is 0. The number of halogens is 4. The van der Waals surface area contributed by atoms with Crippen LogP contribution in [0.15, 0.2) is 48.5 Å². The van der Waals surface area contributed by atoms with Crippen molar-refractivity contribution in [3.63, 3.8) is 0 Å². The Kier molecular flexibility index (Phi) is 5.28. The number of likely N-dealkylation sites (N-methyl/N-ethyl adjacent to an activating group) is 1. The molecule has 0 amide bonds. The summed E-state index contributed by atoms with van der Waals surface area (Å²) in [6.07, 6.45) is -3.57. The van der Waals surface area contributed by atoms with Crippen molar-refractivity contribution in [3.05, 3.63) is 70.8 Å². The fourth-order valence-corrected chi connectivity index (χ4v) is 3.19. The van der Waals surface area contributed by atoms with Crippen LogP contribution in [0, 0.1) is 0 Å². The second-order valence-corrected chi connectivity index (χ2v) is 6.08. The van der Waals surface area contributed by atoms with E-state index in [-0.39, 0.29) is 12.4 Å². The van der Waals surface area contributed by atoms with E-state index in [1.54, 1.807) is 0 Å². The average molecular weight is 358 g/mol. The molecule has 3 rings (SSSR count). The van der Waals surface area contributed by atoms with Crippen LogP contribution in [-0.4, -0.2) is 30.1 Å². The lowest BCUT2D eigenvalue weighted by Gasteiger charge is -2.32. The van der Waals surface area contributed by atoms with Crippen LogP contribution in [0.4, 0.5) is 13.2 Å². The smallest absolute Gasteiger partial charge is 0.379 e. The Morgan fingerprint density at radius 3 is 2.29 bits per heavy atom. The van der Waals surface area contributed by atoms with E-state index >= 15 is 0 Å². The first kappa shape index (κ1) is 18.8. The Morgan fingerprint density at radius 2 is 1.67 bits per heavy atom. The van der Waals surface area contributed by atoms with Gasteiger partial charge in [0, 0.05) is 13.1 Å². The first-order chi connectivity index (χ1) is 10.8. The highest BCUT2D eigenvalue weighted by Gasteiger charge is 2.37. The highest BCUT2D eigenvalue weighted by molar-refractivity contribution is 5.85. The van der Waals surface area contributed by atoms with Crippen molar-refractivity contribution in [2.24, 2.45) is 0 Å². The lowest BCUT2D eigenvalue weighted by molar-refractivity contribution is -0.137. The van der Waals surface area contributed by atoms with Crippen molar-refractivity contribution in [1.82, 2.24) is 4.90 Å². The summed E-state index contributed by atoms with van der Waals surface area (Å²) in [6, 6.07) is 12.4. The molecule has 0 saturated carbocycles. The lowest BCUT2D eigenvalue weighted by atomic mass is 9.83. The number of rotatable bonds is 1. The number of hydrogen-bond acceptors (Lipinski definition) is 2. The molecule has 0 radical (unpaired) electrons. The van der Waals surface area contributed by atoms with Crippen molar-refractivity contribution in [2.75, 3.05) is 20.1 Å². The molecule has 2 aromatic rings. The van der Waals surface area contributed by atoms with Gasteiger partial charge < -0.3 is 10.0 Å². The Balaban J connectivity index is 0.00000208. The van der Waals surface area contributed by atoms with Gasteiger partial charge in [-0.1, -0.05) is 36.4 Å². The van der Waals surface area contributed by atoms with Gasteiger partial charge in [-0.3, -0.25) is 0 Å². The number of nitrogens with zero attached hydrogens (tertiary/aromatic N) is 1. The highest BCUT2D eigenvalue weighted by atomic mass is 35.5. The molecular weight excluding hydrogens is 339 g/mol. The molecule has 1 aliphatic heterocycles. The number of hydrogen-bond donors (Lipinski definition) is 1. The largest absolute Gasteiger partial charge is 0.416 e. The van der Waals surface area contributed by atoms with Crippen LogP contribution in [0.2, 0.25) is 0 Å². The van der Waals surface area contributed by atoms with Crippen LogP contribution in [0.5, 0.6) is 0 Å². The molecule has 0 spiro atoms. The molecule has 0 fully saturated rings. The van der Waals surface area contributed by atoms with Crippen LogP contribution in [-0.2, 0) is 18.2 Å². The number of benzene rings is 2. The van der Waals surface area contributed by atoms with E-state index in [1.807, 2.05) is 36.2 Å².